The molecular formula is C26H26IN5O3S2. The molecule has 8 nitrogen and oxygen atoms in total. The van der Waals surface area contributed by atoms with Crippen molar-refractivity contribution in [3.63, 3.8) is 0 Å². The van der Waals surface area contributed by atoms with Crippen LogP contribution >= 0.6 is 34.4 Å². The third-order valence-electron chi connectivity index (χ3n) is 5.54. The molecule has 0 saturated heterocycles. The summed E-state index contributed by atoms with van der Waals surface area (Å²) in [6.45, 7) is 4.40. The molecule has 192 valence electrons. The van der Waals surface area contributed by atoms with Crippen molar-refractivity contribution >= 4 is 56.0 Å². The van der Waals surface area contributed by atoms with E-state index in [2.05, 4.69) is 38.1 Å². The van der Waals surface area contributed by atoms with Crippen molar-refractivity contribution in [1.29, 1.82) is 0 Å². The number of hydrogen-bond acceptors (Lipinski definition) is 6. The highest BCUT2D eigenvalue weighted by Gasteiger charge is 2.24. The number of thioether (sulfide) groups is 1. The summed E-state index contributed by atoms with van der Waals surface area (Å²) in [5.74, 6) is 0.457. The fourth-order valence-corrected chi connectivity index (χ4v) is 6.34. The molecule has 4 rings (SSSR count). The van der Waals surface area contributed by atoms with E-state index in [-0.39, 0.29) is 16.6 Å². The lowest BCUT2D eigenvalue weighted by Gasteiger charge is -2.19. The number of sulfonamides is 1. The molecule has 0 fully saturated rings. The minimum atomic E-state index is -3.64. The number of nitrogens with zero attached hydrogens (tertiary/aromatic N) is 4. The van der Waals surface area contributed by atoms with Crippen molar-refractivity contribution in [1.82, 2.24) is 19.1 Å². The summed E-state index contributed by atoms with van der Waals surface area (Å²) >= 11 is 3.47. The predicted molar refractivity (Wildman–Crippen MR) is 155 cm³/mol. The van der Waals surface area contributed by atoms with Gasteiger partial charge in [-0.3, -0.25) is 9.36 Å². The zero-order valence-electron chi connectivity index (χ0n) is 20.3. The first-order chi connectivity index (χ1) is 17.8. The zero-order valence-corrected chi connectivity index (χ0v) is 24.1. The molecule has 0 atom stereocenters. The highest BCUT2D eigenvalue weighted by molar-refractivity contribution is 14.1. The molecule has 3 aromatic carbocycles. The summed E-state index contributed by atoms with van der Waals surface area (Å²) < 4.78 is 30.6. The Hall–Kier alpha value is -2.74. The standard InChI is InChI=1S/C26H26IN5O3S2/c1-3-31(4-2)37(34,35)23-12-8-9-19(17-23)25-29-30-26(32(25)22-10-6-5-7-11-22)36-18-24(33)28-21-15-13-20(27)14-16-21/h5-17H,3-4,18H2,1-2H3,(H,28,33). The molecule has 1 aromatic heterocycles. The minimum Gasteiger partial charge on any atom is -0.325 e. The molecule has 1 N–H and O–H groups in total. The van der Waals surface area contributed by atoms with E-state index in [4.69, 9.17) is 0 Å². The fraction of sp³-hybridized carbons (Fsp3) is 0.192. The Bertz CT molecular complexity index is 1470. The Balaban J connectivity index is 1.65. The average Bonchev–Trinajstić information content (AvgIpc) is 3.34. The van der Waals surface area contributed by atoms with Crippen LogP contribution in [-0.4, -0.2) is 52.2 Å². The number of aromatic nitrogens is 3. The first-order valence-corrected chi connectivity index (χ1v) is 15.1. The van der Waals surface area contributed by atoms with Crippen LogP contribution in [0, 0.1) is 3.57 Å². The summed E-state index contributed by atoms with van der Waals surface area (Å²) in [7, 11) is -3.64. The summed E-state index contributed by atoms with van der Waals surface area (Å²) in [6.07, 6.45) is 0. The summed E-state index contributed by atoms with van der Waals surface area (Å²) in [4.78, 5) is 12.8. The van der Waals surface area contributed by atoms with Crippen LogP contribution in [0.3, 0.4) is 0 Å². The molecule has 0 saturated carbocycles. The molecule has 1 amide bonds. The maximum atomic E-state index is 13.1. The van der Waals surface area contributed by atoms with Crippen molar-refractivity contribution < 1.29 is 13.2 Å². The van der Waals surface area contributed by atoms with E-state index >= 15 is 0 Å². The van der Waals surface area contributed by atoms with Crippen LogP contribution in [0.4, 0.5) is 5.69 Å². The molecule has 1 heterocycles. The lowest BCUT2D eigenvalue weighted by atomic mass is 10.2. The van der Waals surface area contributed by atoms with E-state index < -0.39 is 10.0 Å². The van der Waals surface area contributed by atoms with Gasteiger partial charge in [0.15, 0.2) is 11.0 Å². The van der Waals surface area contributed by atoms with Gasteiger partial charge in [0.05, 0.1) is 10.6 Å². The number of anilines is 1. The smallest absolute Gasteiger partial charge is 0.243 e. The monoisotopic (exact) mass is 647 g/mol. The Morgan fingerprint density at radius 2 is 1.68 bits per heavy atom. The molecule has 0 aliphatic carbocycles. The quantitative estimate of drug-likeness (QED) is 0.186. The molecule has 0 spiro atoms. The third-order valence-corrected chi connectivity index (χ3v) is 9.24. The SMILES string of the molecule is CCN(CC)S(=O)(=O)c1cccc(-c2nnc(SCC(=O)Nc3ccc(I)cc3)n2-c2ccccc2)c1. The van der Waals surface area contributed by atoms with Crippen LogP contribution in [0.5, 0.6) is 0 Å². The van der Waals surface area contributed by atoms with E-state index in [0.29, 0.717) is 29.6 Å². The van der Waals surface area contributed by atoms with Gasteiger partial charge in [0.2, 0.25) is 15.9 Å². The molecule has 0 aliphatic rings. The second-order valence-electron chi connectivity index (χ2n) is 7.94. The van der Waals surface area contributed by atoms with E-state index in [1.807, 2.05) is 79.1 Å². The molecular weight excluding hydrogens is 621 g/mol. The highest BCUT2D eigenvalue weighted by Crippen LogP contribution is 2.30. The number of carbonyl (C=O) groups is 1. The first-order valence-electron chi connectivity index (χ1n) is 11.6. The molecule has 0 bridgehead atoms. The normalized spacial score (nSPS) is 11.6. The number of carbonyl (C=O) groups excluding carboxylic acids is 1. The lowest BCUT2D eigenvalue weighted by molar-refractivity contribution is -0.113. The van der Waals surface area contributed by atoms with E-state index in [0.717, 1.165) is 14.9 Å². The zero-order chi connectivity index (χ0) is 26.4. The number of amides is 1. The van der Waals surface area contributed by atoms with Crippen LogP contribution in [0.2, 0.25) is 0 Å². The lowest BCUT2D eigenvalue weighted by Crippen LogP contribution is -2.30. The number of rotatable bonds is 10. The van der Waals surface area contributed by atoms with Crippen molar-refractivity contribution in [3.05, 3.63) is 82.4 Å². The van der Waals surface area contributed by atoms with Gasteiger partial charge in [0.1, 0.15) is 0 Å². The van der Waals surface area contributed by atoms with Crippen LogP contribution in [-0.2, 0) is 14.8 Å². The first kappa shape index (κ1) is 27.3. The van der Waals surface area contributed by atoms with Gasteiger partial charge in [-0.1, -0.05) is 55.9 Å². The van der Waals surface area contributed by atoms with Crippen molar-refractivity contribution in [2.45, 2.75) is 23.9 Å². The van der Waals surface area contributed by atoms with Gasteiger partial charge in [-0.2, -0.15) is 4.31 Å². The second-order valence-corrected chi connectivity index (χ2v) is 12.1. The number of para-hydroxylation sites is 1. The van der Waals surface area contributed by atoms with Gasteiger partial charge in [-0.25, -0.2) is 8.42 Å². The van der Waals surface area contributed by atoms with Crippen molar-refractivity contribution in [3.8, 4) is 17.1 Å². The molecule has 11 heteroatoms. The van der Waals surface area contributed by atoms with Gasteiger partial charge < -0.3 is 5.32 Å². The summed E-state index contributed by atoms with van der Waals surface area (Å²) in [5, 5.41) is 12.2. The van der Waals surface area contributed by atoms with Gasteiger partial charge >= 0.3 is 0 Å². The molecule has 0 radical (unpaired) electrons. The largest absolute Gasteiger partial charge is 0.325 e. The van der Waals surface area contributed by atoms with Crippen LogP contribution in [0.1, 0.15) is 13.8 Å². The summed E-state index contributed by atoms with van der Waals surface area (Å²) in [6, 6.07) is 23.8. The number of halogens is 1. The molecule has 0 unspecified atom stereocenters. The Morgan fingerprint density at radius 1 is 0.973 bits per heavy atom. The molecule has 37 heavy (non-hydrogen) atoms. The van der Waals surface area contributed by atoms with Crippen LogP contribution in [0.15, 0.2) is 88.9 Å². The number of hydrogen-bond donors (Lipinski definition) is 1. The van der Waals surface area contributed by atoms with E-state index in [1.165, 1.54) is 16.1 Å². The number of benzene rings is 3. The van der Waals surface area contributed by atoms with Crippen LogP contribution < -0.4 is 5.32 Å². The molecule has 4 aromatic rings. The third kappa shape index (κ3) is 6.40. The Kier molecular flexibility index (Phi) is 9.00. The predicted octanol–water partition coefficient (Wildman–Crippen LogP) is 5.30. The van der Waals surface area contributed by atoms with Gasteiger partial charge in [-0.15, -0.1) is 10.2 Å². The minimum absolute atomic E-state index is 0.132. The van der Waals surface area contributed by atoms with E-state index in [9.17, 15) is 13.2 Å². The average molecular weight is 648 g/mol. The van der Waals surface area contributed by atoms with Gasteiger partial charge in [0.25, 0.3) is 0 Å². The maximum absolute atomic E-state index is 13.1. The Labute approximate surface area is 234 Å². The van der Waals surface area contributed by atoms with Gasteiger partial charge in [-0.05, 0) is 71.1 Å². The van der Waals surface area contributed by atoms with E-state index in [1.54, 1.807) is 18.2 Å². The maximum Gasteiger partial charge on any atom is 0.243 e. The second kappa shape index (κ2) is 12.2. The Morgan fingerprint density at radius 3 is 2.35 bits per heavy atom. The highest BCUT2D eigenvalue weighted by atomic mass is 127. The molecule has 0 aliphatic heterocycles. The fourth-order valence-electron chi connectivity index (χ4n) is 3.73. The van der Waals surface area contributed by atoms with Crippen molar-refractivity contribution in [2.24, 2.45) is 0 Å². The topological polar surface area (TPSA) is 97.2 Å². The van der Waals surface area contributed by atoms with Gasteiger partial charge in [0, 0.05) is 33.6 Å². The summed E-state index contributed by atoms with van der Waals surface area (Å²) in [5.41, 5.74) is 2.14. The van der Waals surface area contributed by atoms with Crippen LogP contribution in [0.25, 0.3) is 17.1 Å². The number of nitrogens with one attached hydrogen (secondary N) is 1. The van der Waals surface area contributed by atoms with Crippen molar-refractivity contribution in [2.75, 3.05) is 24.2 Å².